The molecule has 0 aliphatic carbocycles. The molecule has 1 fully saturated rings. The lowest BCUT2D eigenvalue weighted by Gasteiger charge is -2.26. The highest BCUT2D eigenvalue weighted by atomic mass is 35.5. The molecule has 3 rings (SSSR count). The van der Waals surface area contributed by atoms with Crippen LogP contribution in [0.25, 0.3) is 0 Å². The van der Waals surface area contributed by atoms with Crippen molar-refractivity contribution < 1.29 is 4.79 Å². The van der Waals surface area contributed by atoms with E-state index in [1.54, 1.807) is 24.5 Å². The summed E-state index contributed by atoms with van der Waals surface area (Å²) in [6.45, 7) is 1.64. The van der Waals surface area contributed by atoms with E-state index in [1.165, 1.54) is 6.42 Å². The van der Waals surface area contributed by atoms with Crippen LogP contribution < -0.4 is 5.32 Å². The van der Waals surface area contributed by atoms with Gasteiger partial charge in [0, 0.05) is 36.2 Å². The number of nitrogens with one attached hydrogen (secondary N) is 1. The summed E-state index contributed by atoms with van der Waals surface area (Å²) in [4.78, 5) is 22.6. The van der Waals surface area contributed by atoms with Crippen molar-refractivity contribution in [1.82, 2.24) is 14.9 Å². The van der Waals surface area contributed by atoms with Crippen LogP contribution in [0.1, 0.15) is 29.6 Å². The number of carbonyl (C=O) groups excluding carboxylic acids is 1. The zero-order valence-electron chi connectivity index (χ0n) is 12.1. The lowest BCUT2D eigenvalue weighted by molar-refractivity contribution is 0.0723. The second-order valence-electron chi connectivity index (χ2n) is 5.28. The Morgan fingerprint density at radius 3 is 2.55 bits per heavy atom. The monoisotopic (exact) mass is 316 g/mol. The van der Waals surface area contributed by atoms with Gasteiger partial charge in [0.1, 0.15) is 0 Å². The average Bonchev–Trinajstić information content (AvgIpc) is 2.56. The molecule has 0 spiro atoms. The second kappa shape index (κ2) is 6.75. The van der Waals surface area contributed by atoms with E-state index in [0.29, 0.717) is 16.5 Å². The quantitative estimate of drug-likeness (QED) is 0.941. The second-order valence-corrected chi connectivity index (χ2v) is 5.72. The summed E-state index contributed by atoms with van der Waals surface area (Å²) in [5.41, 5.74) is 1.33. The van der Waals surface area contributed by atoms with E-state index in [9.17, 15) is 4.79 Å². The van der Waals surface area contributed by atoms with Crippen molar-refractivity contribution in [3.8, 4) is 0 Å². The van der Waals surface area contributed by atoms with Gasteiger partial charge in [0.25, 0.3) is 5.91 Å². The van der Waals surface area contributed by atoms with E-state index < -0.39 is 0 Å². The summed E-state index contributed by atoms with van der Waals surface area (Å²) in [5, 5.41) is 3.70. The summed E-state index contributed by atoms with van der Waals surface area (Å²) in [5.74, 6) is 0.450. The number of halogens is 1. The Morgan fingerprint density at radius 1 is 1.14 bits per heavy atom. The summed E-state index contributed by atoms with van der Waals surface area (Å²) < 4.78 is 0. The van der Waals surface area contributed by atoms with Gasteiger partial charge in [-0.25, -0.2) is 9.97 Å². The van der Waals surface area contributed by atoms with Gasteiger partial charge < -0.3 is 10.2 Å². The van der Waals surface area contributed by atoms with Gasteiger partial charge in [-0.3, -0.25) is 4.79 Å². The fourth-order valence-corrected chi connectivity index (χ4v) is 2.67. The highest BCUT2D eigenvalue weighted by molar-refractivity contribution is 6.30. The Morgan fingerprint density at radius 2 is 1.86 bits per heavy atom. The predicted octanol–water partition coefficient (Wildman–Crippen LogP) is 3.50. The van der Waals surface area contributed by atoms with Crippen LogP contribution in [0.2, 0.25) is 5.02 Å². The molecule has 0 radical (unpaired) electrons. The van der Waals surface area contributed by atoms with E-state index in [1.807, 2.05) is 17.0 Å². The third-order valence-electron chi connectivity index (χ3n) is 3.62. The van der Waals surface area contributed by atoms with Crippen molar-refractivity contribution in [2.24, 2.45) is 0 Å². The number of anilines is 2. The first kappa shape index (κ1) is 14.8. The van der Waals surface area contributed by atoms with Crippen molar-refractivity contribution in [1.29, 1.82) is 0 Å². The maximum absolute atomic E-state index is 12.3. The summed E-state index contributed by atoms with van der Waals surface area (Å²) in [6, 6.07) is 7.31. The Labute approximate surface area is 134 Å². The van der Waals surface area contributed by atoms with E-state index >= 15 is 0 Å². The first-order chi connectivity index (χ1) is 10.7. The van der Waals surface area contributed by atoms with E-state index in [2.05, 4.69) is 15.3 Å². The van der Waals surface area contributed by atoms with Crippen LogP contribution in [0.5, 0.6) is 0 Å². The fraction of sp³-hybridized carbons (Fsp3) is 0.312. The number of amides is 1. The molecule has 1 amide bonds. The van der Waals surface area contributed by atoms with Gasteiger partial charge in [-0.1, -0.05) is 17.7 Å². The normalized spacial score (nSPS) is 14.7. The fourth-order valence-electron chi connectivity index (χ4n) is 2.48. The van der Waals surface area contributed by atoms with Crippen molar-refractivity contribution in [3.63, 3.8) is 0 Å². The Kier molecular flexibility index (Phi) is 4.53. The molecule has 6 heteroatoms. The minimum absolute atomic E-state index is 0.00834. The van der Waals surface area contributed by atoms with Crippen molar-refractivity contribution in [2.75, 3.05) is 18.4 Å². The van der Waals surface area contributed by atoms with Crippen LogP contribution in [0, 0.1) is 0 Å². The molecular weight excluding hydrogens is 300 g/mol. The van der Waals surface area contributed by atoms with Crippen LogP contribution >= 0.6 is 11.6 Å². The largest absolute Gasteiger partial charge is 0.339 e. The molecule has 1 saturated heterocycles. The van der Waals surface area contributed by atoms with E-state index in [4.69, 9.17) is 11.6 Å². The van der Waals surface area contributed by atoms with Gasteiger partial charge in [-0.15, -0.1) is 0 Å². The standard InChI is InChI=1S/C16H17ClN4O/c17-13-5-4-6-14(9-13)20-16-18-10-12(11-19-16)15(22)21-7-2-1-3-8-21/h4-6,9-11H,1-3,7-8H2,(H,18,19,20). The molecule has 0 unspecified atom stereocenters. The van der Waals surface area contributed by atoms with Crippen LogP contribution in [0.15, 0.2) is 36.7 Å². The number of rotatable bonds is 3. The number of hydrogen-bond donors (Lipinski definition) is 1. The average molecular weight is 317 g/mol. The molecular formula is C16H17ClN4O. The number of piperidine rings is 1. The molecule has 1 aromatic heterocycles. The third kappa shape index (κ3) is 3.54. The van der Waals surface area contributed by atoms with Gasteiger partial charge in [0.2, 0.25) is 5.95 Å². The first-order valence-electron chi connectivity index (χ1n) is 7.36. The molecule has 2 heterocycles. The number of likely N-dealkylation sites (tertiary alicyclic amines) is 1. The zero-order chi connectivity index (χ0) is 15.4. The topological polar surface area (TPSA) is 58.1 Å². The Hall–Kier alpha value is -2.14. The maximum Gasteiger partial charge on any atom is 0.256 e. The molecule has 1 aliphatic rings. The highest BCUT2D eigenvalue weighted by Gasteiger charge is 2.18. The van der Waals surface area contributed by atoms with Crippen molar-refractivity contribution >= 4 is 29.1 Å². The van der Waals surface area contributed by atoms with Gasteiger partial charge in [0.15, 0.2) is 0 Å². The summed E-state index contributed by atoms with van der Waals surface area (Å²) in [7, 11) is 0. The summed E-state index contributed by atoms with van der Waals surface area (Å²) >= 11 is 5.93. The minimum atomic E-state index is 0.00834. The molecule has 0 bridgehead atoms. The molecule has 22 heavy (non-hydrogen) atoms. The molecule has 1 aliphatic heterocycles. The first-order valence-corrected chi connectivity index (χ1v) is 7.74. The highest BCUT2D eigenvalue weighted by Crippen LogP contribution is 2.18. The van der Waals surface area contributed by atoms with Gasteiger partial charge in [0.05, 0.1) is 5.56 Å². The predicted molar refractivity (Wildman–Crippen MR) is 86.5 cm³/mol. The number of nitrogens with zero attached hydrogens (tertiary/aromatic N) is 3. The lowest BCUT2D eigenvalue weighted by Crippen LogP contribution is -2.35. The zero-order valence-corrected chi connectivity index (χ0v) is 12.9. The molecule has 5 nitrogen and oxygen atoms in total. The van der Waals surface area contributed by atoms with Crippen LogP contribution in [0.4, 0.5) is 11.6 Å². The number of hydrogen-bond acceptors (Lipinski definition) is 4. The SMILES string of the molecule is O=C(c1cnc(Nc2cccc(Cl)c2)nc1)N1CCCCC1. The molecule has 1 N–H and O–H groups in total. The van der Waals surface area contributed by atoms with Gasteiger partial charge >= 0.3 is 0 Å². The third-order valence-corrected chi connectivity index (χ3v) is 3.86. The van der Waals surface area contributed by atoms with Crippen LogP contribution in [-0.2, 0) is 0 Å². The maximum atomic E-state index is 12.3. The number of aromatic nitrogens is 2. The van der Waals surface area contributed by atoms with Crippen LogP contribution in [0.3, 0.4) is 0 Å². The van der Waals surface area contributed by atoms with Crippen LogP contribution in [-0.4, -0.2) is 33.9 Å². The molecule has 2 aromatic rings. The summed E-state index contributed by atoms with van der Waals surface area (Å²) in [6.07, 6.45) is 6.47. The smallest absolute Gasteiger partial charge is 0.256 e. The van der Waals surface area contributed by atoms with Crippen molar-refractivity contribution in [2.45, 2.75) is 19.3 Å². The van der Waals surface area contributed by atoms with E-state index in [-0.39, 0.29) is 5.91 Å². The Bertz CT molecular complexity index is 653. The Balaban J connectivity index is 1.68. The van der Waals surface area contributed by atoms with Gasteiger partial charge in [-0.05, 0) is 37.5 Å². The number of carbonyl (C=O) groups is 1. The lowest BCUT2D eigenvalue weighted by atomic mass is 10.1. The van der Waals surface area contributed by atoms with E-state index in [0.717, 1.165) is 31.6 Å². The molecule has 0 atom stereocenters. The number of benzene rings is 1. The molecule has 1 aromatic carbocycles. The minimum Gasteiger partial charge on any atom is -0.339 e. The van der Waals surface area contributed by atoms with Crippen molar-refractivity contribution in [3.05, 3.63) is 47.2 Å². The molecule has 114 valence electrons. The van der Waals surface area contributed by atoms with Gasteiger partial charge in [-0.2, -0.15) is 0 Å². The molecule has 0 saturated carbocycles.